The molecule has 0 N–H and O–H groups in total. The van der Waals surface area contributed by atoms with Crippen LogP contribution in [0.3, 0.4) is 0 Å². The van der Waals surface area contributed by atoms with Gasteiger partial charge in [-0.1, -0.05) is 28.1 Å². The molecular formula is C11H13BrS. The van der Waals surface area contributed by atoms with Crippen LogP contribution in [0.25, 0.3) is 6.08 Å². The first-order valence-corrected chi connectivity index (χ1v) is 5.62. The monoisotopic (exact) mass is 256 g/mol. The van der Waals surface area contributed by atoms with Gasteiger partial charge in [-0.25, -0.2) is 0 Å². The van der Waals surface area contributed by atoms with E-state index in [0.29, 0.717) is 0 Å². The van der Waals surface area contributed by atoms with Gasteiger partial charge in [-0.2, -0.15) is 12.6 Å². The van der Waals surface area contributed by atoms with Crippen molar-refractivity contribution in [2.24, 2.45) is 0 Å². The molecule has 0 aliphatic carbocycles. The van der Waals surface area contributed by atoms with E-state index < -0.39 is 0 Å². The number of thiol groups is 1. The van der Waals surface area contributed by atoms with Gasteiger partial charge in [0.1, 0.15) is 0 Å². The normalized spacial score (nSPS) is 11.1. The molecule has 0 saturated heterocycles. The lowest BCUT2D eigenvalue weighted by molar-refractivity contribution is 1.34. The van der Waals surface area contributed by atoms with Crippen LogP contribution in [0.2, 0.25) is 0 Å². The Hall–Kier alpha value is -0.210. The van der Waals surface area contributed by atoms with E-state index in [1.165, 1.54) is 16.7 Å². The number of hydrogen-bond donors (Lipinski definition) is 1. The van der Waals surface area contributed by atoms with E-state index in [4.69, 9.17) is 0 Å². The molecule has 70 valence electrons. The van der Waals surface area contributed by atoms with Gasteiger partial charge in [0, 0.05) is 10.2 Å². The van der Waals surface area contributed by atoms with E-state index in [9.17, 15) is 0 Å². The largest absolute Gasteiger partial charge is 0.175 e. The first kappa shape index (κ1) is 10.9. The number of aryl methyl sites for hydroxylation is 2. The molecule has 0 radical (unpaired) electrons. The average molecular weight is 257 g/mol. The standard InChI is InChI=1S/C11H13BrS/c1-8-6-10(12)7-9(2)11(8)4-3-5-13/h3-4,6-7,13H,5H2,1-2H3. The van der Waals surface area contributed by atoms with Gasteiger partial charge < -0.3 is 0 Å². The van der Waals surface area contributed by atoms with Crippen molar-refractivity contribution in [3.8, 4) is 0 Å². The lowest BCUT2D eigenvalue weighted by Gasteiger charge is -2.05. The average Bonchev–Trinajstić information content (AvgIpc) is 2.02. The summed E-state index contributed by atoms with van der Waals surface area (Å²) >= 11 is 7.62. The third-order valence-electron chi connectivity index (χ3n) is 1.95. The smallest absolute Gasteiger partial charge is 0.0180 e. The quantitative estimate of drug-likeness (QED) is 0.760. The first-order chi connectivity index (χ1) is 6.15. The summed E-state index contributed by atoms with van der Waals surface area (Å²) in [7, 11) is 0. The topological polar surface area (TPSA) is 0 Å². The maximum atomic E-state index is 4.14. The summed E-state index contributed by atoms with van der Waals surface area (Å²) in [6.07, 6.45) is 4.19. The summed E-state index contributed by atoms with van der Waals surface area (Å²) in [5.41, 5.74) is 3.90. The van der Waals surface area contributed by atoms with Gasteiger partial charge in [-0.05, 0) is 42.7 Å². The van der Waals surface area contributed by atoms with Crippen LogP contribution in [0.1, 0.15) is 16.7 Å². The fourth-order valence-electron chi connectivity index (χ4n) is 1.36. The van der Waals surface area contributed by atoms with Crippen LogP contribution in [0, 0.1) is 13.8 Å². The summed E-state index contributed by atoms with van der Waals surface area (Å²) in [4.78, 5) is 0. The van der Waals surface area contributed by atoms with E-state index in [0.717, 1.165) is 10.2 Å². The highest BCUT2D eigenvalue weighted by molar-refractivity contribution is 9.10. The summed E-state index contributed by atoms with van der Waals surface area (Å²) in [5.74, 6) is 0.787. The summed E-state index contributed by atoms with van der Waals surface area (Å²) in [6.45, 7) is 4.24. The van der Waals surface area contributed by atoms with Gasteiger partial charge in [0.2, 0.25) is 0 Å². The van der Waals surface area contributed by atoms with Crippen molar-refractivity contribution in [3.05, 3.63) is 39.4 Å². The highest BCUT2D eigenvalue weighted by Gasteiger charge is 1.99. The fourth-order valence-corrected chi connectivity index (χ4v) is 2.15. The fraction of sp³-hybridized carbons (Fsp3) is 0.273. The second-order valence-corrected chi connectivity index (χ2v) is 4.32. The highest BCUT2D eigenvalue weighted by atomic mass is 79.9. The number of rotatable bonds is 2. The molecule has 1 aromatic rings. The van der Waals surface area contributed by atoms with Gasteiger partial charge >= 0.3 is 0 Å². The molecule has 1 aromatic carbocycles. The van der Waals surface area contributed by atoms with E-state index in [1.807, 2.05) is 0 Å². The Bertz CT molecular complexity index is 306. The lowest BCUT2D eigenvalue weighted by Crippen LogP contribution is -1.86. The van der Waals surface area contributed by atoms with Crippen molar-refractivity contribution in [1.82, 2.24) is 0 Å². The molecule has 0 aliphatic heterocycles. The van der Waals surface area contributed by atoms with Gasteiger partial charge in [-0.15, -0.1) is 0 Å². The Balaban J connectivity index is 3.13. The Labute approximate surface area is 93.6 Å². The van der Waals surface area contributed by atoms with Gasteiger partial charge in [0.15, 0.2) is 0 Å². The maximum Gasteiger partial charge on any atom is 0.0180 e. The number of benzene rings is 1. The molecule has 0 fully saturated rings. The minimum atomic E-state index is 0.787. The third-order valence-corrected chi connectivity index (χ3v) is 2.62. The molecule has 0 aliphatic rings. The molecule has 0 heterocycles. The molecule has 0 nitrogen and oxygen atoms in total. The van der Waals surface area contributed by atoms with E-state index in [-0.39, 0.29) is 0 Å². The summed E-state index contributed by atoms with van der Waals surface area (Å²) < 4.78 is 1.14. The predicted molar refractivity (Wildman–Crippen MR) is 66.5 cm³/mol. The zero-order valence-electron chi connectivity index (χ0n) is 7.84. The van der Waals surface area contributed by atoms with E-state index >= 15 is 0 Å². The lowest BCUT2D eigenvalue weighted by atomic mass is 10.0. The number of hydrogen-bond acceptors (Lipinski definition) is 1. The van der Waals surface area contributed by atoms with Crippen molar-refractivity contribution in [2.75, 3.05) is 5.75 Å². The van der Waals surface area contributed by atoms with Crippen LogP contribution in [-0.2, 0) is 0 Å². The SMILES string of the molecule is Cc1cc(Br)cc(C)c1C=CCS. The van der Waals surface area contributed by atoms with Crippen molar-refractivity contribution >= 4 is 34.6 Å². The van der Waals surface area contributed by atoms with Crippen LogP contribution in [0.15, 0.2) is 22.7 Å². The Kier molecular flexibility index (Phi) is 4.07. The molecule has 1 rings (SSSR count). The molecule has 0 atom stereocenters. The maximum absolute atomic E-state index is 4.14. The highest BCUT2D eigenvalue weighted by Crippen LogP contribution is 2.21. The summed E-state index contributed by atoms with van der Waals surface area (Å²) in [5, 5.41) is 0. The minimum absolute atomic E-state index is 0.787. The minimum Gasteiger partial charge on any atom is -0.175 e. The Morgan fingerprint density at radius 1 is 1.31 bits per heavy atom. The number of halogens is 1. The van der Waals surface area contributed by atoms with Crippen LogP contribution in [-0.4, -0.2) is 5.75 Å². The molecule has 0 spiro atoms. The molecule has 13 heavy (non-hydrogen) atoms. The third kappa shape index (κ3) is 2.89. The predicted octanol–water partition coefficient (Wildman–Crippen LogP) is 4.01. The van der Waals surface area contributed by atoms with Crippen LogP contribution < -0.4 is 0 Å². The molecule has 0 aromatic heterocycles. The molecule has 2 heteroatoms. The van der Waals surface area contributed by atoms with Gasteiger partial charge in [0.25, 0.3) is 0 Å². The zero-order valence-corrected chi connectivity index (χ0v) is 10.3. The Morgan fingerprint density at radius 2 is 1.85 bits per heavy atom. The van der Waals surface area contributed by atoms with Gasteiger partial charge in [-0.3, -0.25) is 0 Å². The second kappa shape index (κ2) is 4.87. The summed E-state index contributed by atoms with van der Waals surface area (Å²) in [6, 6.07) is 4.26. The van der Waals surface area contributed by atoms with E-state index in [1.54, 1.807) is 0 Å². The van der Waals surface area contributed by atoms with E-state index in [2.05, 4.69) is 66.7 Å². The van der Waals surface area contributed by atoms with Crippen molar-refractivity contribution < 1.29 is 0 Å². The van der Waals surface area contributed by atoms with Crippen LogP contribution in [0.5, 0.6) is 0 Å². The second-order valence-electron chi connectivity index (χ2n) is 3.04. The Morgan fingerprint density at radius 3 is 2.31 bits per heavy atom. The van der Waals surface area contributed by atoms with Crippen LogP contribution >= 0.6 is 28.6 Å². The zero-order chi connectivity index (χ0) is 9.84. The van der Waals surface area contributed by atoms with Crippen molar-refractivity contribution in [2.45, 2.75) is 13.8 Å². The molecular weight excluding hydrogens is 244 g/mol. The molecule has 0 amide bonds. The first-order valence-electron chi connectivity index (χ1n) is 4.19. The molecule has 0 saturated carbocycles. The van der Waals surface area contributed by atoms with Crippen LogP contribution in [0.4, 0.5) is 0 Å². The van der Waals surface area contributed by atoms with Crippen molar-refractivity contribution in [3.63, 3.8) is 0 Å². The van der Waals surface area contributed by atoms with Crippen molar-refractivity contribution in [1.29, 1.82) is 0 Å². The van der Waals surface area contributed by atoms with Gasteiger partial charge in [0.05, 0.1) is 0 Å². The molecule has 0 unspecified atom stereocenters. The molecule has 0 bridgehead atoms.